The Kier molecular flexibility index (Phi) is 3.85. The number of aryl methyl sites for hydroxylation is 1. The molecule has 1 heterocycles. The highest BCUT2D eigenvalue weighted by Crippen LogP contribution is 2.11. The normalized spacial score (nSPS) is 10.4. The minimum Gasteiger partial charge on any atom is -0.337 e. The molecule has 0 unspecified atom stereocenters. The van der Waals surface area contributed by atoms with Crippen LogP contribution in [0.3, 0.4) is 0 Å². The maximum atomic E-state index is 4.01. The van der Waals surface area contributed by atoms with E-state index >= 15 is 0 Å². The van der Waals surface area contributed by atoms with Crippen molar-refractivity contribution in [3.8, 4) is 0 Å². The van der Waals surface area contributed by atoms with Gasteiger partial charge in [-0.2, -0.15) is 11.8 Å². The number of hydrogen-bond acceptors (Lipinski definition) is 2. The van der Waals surface area contributed by atoms with Gasteiger partial charge in [-0.25, -0.2) is 4.98 Å². The number of nitrogens with zero attached hydrogens (tertiary/aromatic N) is 2. The standard InChI is InChI=1S/C12H14N2S/c1-2-4-12(5-3-1)10-15-9-8-14-7-6-13-11-14/h1-7,11H,8-10H2. The van der Waals surface area contributed by atoms with Crippen LogP contribution in [0.1, 0.15) is 5.56 Å². The molecule has 0 saturated heterocycles. The van der Waals surface area contributed by atoms with E-state index in [1.165, 1.54) is 5.56 Å². The highest BCUT2D eigenvalue weighted by molar-refractivity contribution is 7.98. The Bertz CT molecular complexity index is 370. The van der Waals surface area contributed by atoms with Crippen LogP contribution >= 0.6 is 11.8 Å². The molecule has 0 aliphatic rings. The van der Waals surface area contributed by atoms with E-state index in [9.17, 15) is 0 Å². The summed E-state index contributed by atoms with van der Waals surface area (Å²) in [5.74, 6) is 2.22. The number of rotatable bonds is 5. The quantitative estimate of drug-likeness (QED) is 0.718. The first kappa shape index (κ1) is 10.3. The molecular weight excluding hydrogens is 204 g/mol. The second-order valence-electron chi connectivity index (χ2n) is 3.34. The van der Waals surface area contributed by atoms with Crippen LogP contribution in [-0.4, -0.2) is 15.3 Å². The number of imidazole rings is 1. The first-order valence-corrected chi connectivity index (χ1v) is 6.18. The van der Waals surface area contributed by atoms with Gasteiger partial charge >= 0.3 is 0 Å². The number of benzene rings is 1. The Hall–Kier alpha value is -1.22. The van der Waals surface area contributed by atoms with Crippen molar-refractivity contribution < 1.29 is 0 Å². The topological polar surface area (TPSA) is 17.8 Å². The number of hydrogen-bond donors (Lipinski definition) is 0. The van der Waals surface area contributed by atoms with Crippen molar-refractivity contribution in [2.24, 2.45) is 0 Å². The highest BCUT2D eigenvalue weighted by Gasteiger charge is 1.93. The Morgan fingerprint density at radius 3 is 2.80 bits per heavy atom. The van der Waals surface area contributed by atoms with Crippen LogP contribution in [0.2, 0.25) is 0 Å². The van der Waals surface area contributed by atoms with Crippen molar-refractivity contribution in [2.75, 3.05) is 5.75 Å². The molecule has 1 aromatic carbocycles. The van der Waals surface area contributed by atoms with Crippen molar-refractivity contribution in [1.29, 1.82) is 0 Å². The van der Waals surface area contributed by atoms with Gasteiger partial charge in [-0.05, 0) is 5.56 Å². The fourth-order valence-electron chi connectivity index (χ4n) is 1.35. The van der Waals surface area contributed by atoms with E-state index in [2.05, 4.69) is 39.9 Å². The first-order valence-electron chi connectivity index (χ1n) is 5.02. The maximum absolute atomic E-state index is 4.01. The lowest BCUT2D eigenvalue weighted by molar-refractivity contribution is 0.770. The van der Waals surface area contributed by atoms with Gasteiger partial charge in [0.1, 0.15) is 0 Å². The lowest BCUT2D eigenvalue weighted by Crippen LogP contribution is -1.97. The van der Waals surface area contributed by atoms with Crippen LogP contribution in [0.5, 0.6) is 0 Å². The summed E-state index contributed by atoms with van der Waals surface area (Å²) in [5.41, 5.74) is 1.40. The predicted molar refractivity (Wildman–Crippen MR) is 64.8 cm³/mol. The second kappa shape index (κ2) is 5.61. The van der Waals surface area contributed by atoms with Gasteiger partial charge in [-0.3, -0.25) is 0 Å². The fraction of sp³-hybridized carbons (Fsp3) is 0.250. The van der Waals surface area contributed by atoms with Crippen LogP contribution in [0.4, 0.5) is 0 Å². The minimum atomic E-state index is 1.04. The molecule has 2 nitrogen and oxygen atoms in total. The van der Waals surface area contributed by atoms with E-state index < -0.39 is 0 Å². The molecular formula is C12H14N2S. The van der Waals surface area contributed by atoms with Gasteiger partial charge in [0, 0.05) is 30.4 Å². The third-order valence-corrected chi connectivity index (χ3v) is 3.17. The summed E-state index contributed by atoms with van der Waals surface area (Å²) < 4.78 is 2.11. The summed E-state index contributed by atoms with van der Waals surface area (Å²) in [6.07, 6.45) is 5.69. The van der Waals surface area contributed by atoms with Gasteiger partial charge in [0.25, 0.3) is 0 Å². The van der Waals surface area contributed by atoms with Crippen molar-refractivity contribution in [3.05, 3.63) is 54.6 Å². The van der Waals surface area contributed by atoms with Gasteiger partial charge < -0.3 is 4.57 Å². The van der Waals surface area contributed by atoms with Crippen LogP contribution in [0, 0.1) is 0 Å². The summed E-state index contributed by atoms with van der Waals surface area (Å²) in [5, 5.41) is 0. The molecule has 3 heteroatoms. The second-order valence-corrected chi connectivity index (χ2v) is 4.44. The predicted octanol–water partition coefficient (Wildman–Crippen LogP) is 2.82. The zero-order chi connectivity index (χ0) is 10.3. The molecule has 0 N–H and O–H groups in total. The van der Waals surface area contributed by atoms with Crippen LogP contribution in [-0.2, 0) is 12.3 Å². The zero-order valence-electron chi connectivity index (χ0n) is 8.54. The molecule has 0 bridgehead atoms. The van der Waals surface area contributed by atoms with Crippen molar-refractivity contribution in [3.63, 3.8) is 0 Å². The van der Waals surface area contributed by atoms with Gasteiger partial charge in [-0.15, -0.1) is 0 Å². The Morgan fingerprint density at radius 1 is 1.20 bits per heavy atom. The van der Waals surface area contributed by atoms with Crippen LogP contribution in [0.25, 0.3) is 0 Å². The molecule has 2 aromatic rings. The van der Waals surface area contributed by atoms with Gasteiger partial charge in [0.05, 0.1) is 6.33 Å². The Labute approximate surface area is 94.3 Å². The van der Waals surface area contributed by atoms with Crippen molar-refractivity contribution in [1.82, 2.24) is 9.55 Å². The zero-order valence-corrected chi connectivity index (χ0v) is 9.36. The molecule has 1 aromatic heterocycles. The van der Waals surface area contributed by atoms with E-state index in [0.29, 0.717) is 0 Å². The molecule has 0 radical (unpaired) electrons. The van der Waals surface area contributed by atoms with Crippen molar-refractivity contribution in [2.45, 2.75) is 12.3 Å². The van der Waals surface area contributed by atoms with Gasteiger partial charge in [0.2, 0.25) is 0 Å². The molecule has 0 atom stereocenters. The van der Waals surface area contributed by atoms with Crippen molar-refractivity contribution >= 4 is 11.8 Å². The van der Waals surface area contributed by atoms with Crippen LogP contribution < -0.4 is 0 Å². The highest BCUT2D eigenvalue weighted by atomic mass is 32.2. The lowest BCUT2D eigenvalue weighted by Gasteiger charge is -2.02. The molecule has 0 fully saturated rings. The SMILES string of the molecule is c1ccc(CSCCn2ccnc2)cc1. The third-order valence-electron chi connectivity index (χ3n) is 2.16. The number of thioether (sulfide) groups is 1. The third kappa shape index (κ3) is 3.44. The average Bonchev–Trinajstić information content (AvgIpc) is 2.79. The van der Waals surface area contributed by atoms with Crippen LogP contribution in [0.15, 0.2) is 49.1 Å². The van der Waals surface area contributed by atoms with E-state index in [0.717, 1.165) is 18.1 Å². The summed E-state index contributed by atoms with van der Waals surface area (Å²) in [6, 6.07) is 10.6. The van der Waals surface area contributed by atoms with Gasteiger partial charge in [0.15, 0.2) is 0 Å². The molecule has 0 aliphatic heterocycles. The molecule has 0 spiro atoms. The molecule has 0 amide bonds. The monoisotopic (exact) mass is 218 g/mol. The van der Waals surface area contributed by atoms with Gasteiger partial charge in [-0.1, -0.05) is 30.3 Å². The van der Waals surface area contributed by atoms with E-state index in [-0.39, 0.29) is 0 Å². The summed E-state index contributed by atoms with van der Waals surface area (Å²) in [6.45, 7) is 1.04. The Balaban J connectivity index is 1.68. The van der Waals surface area contributed by atoms with E-state index in [1.807, 2.05) is 30.5 Å². The largest absolute Gasteiger partial charge is 0.337 e. The van der Waals surface area contributed by atoms with E-state index in [4.69, 9.17) is 0 Å². The average molecular weight is 218 g/mol. The Morgan fingerprint density at radius 2 is 2.07 bits per heavy atom. The summed E-state index contributed by atoms with van der Waals surface area (Å²) in [4.78, 5) is 4.01. The fourth-order valence-corrected chi connectivity index (χ4v) is 2.27. The molecule has 0 saturated carbocycles. The number of aromatic nitrogens is 2. The first-order chi connectivity index (χ1) is 7.45. The lowest BCUT2D eigenvalue weighted by atomic mass is 10.2. The van der Waals surface area contributed by atoms with E-state index in [1.54, 1.807) is 0 Å². The summed E-state index contributed by atoms with van der Waals surface area (Å²) >= 11 is 1.96. The summed E-state index contributed by atoms with van der Waals surface area (Å²) in [7, 11) is 0. The molecule has 78 valence electrons. The molecule has 0 aliphatic carbocycles. The maximum Gasteiger partial charge on any atom is 0.0946 e. The smallest absolute Gasteiger partial charge is 0.0946 e. The minimum absolute atomic E-state index is 1.04. The molecule has 2 rings (SSSR count). The molecule has 15 heavy (non-hydrogen) atoms.